The Morgan fingerprint density at radius 3 is 2.96 bits per heavy atom. The van der Waals surface area contributed by atoms with Crippen LogP contribution >= 0.6 is 0 Å². The van der Waals surface area contributed by atoms with Gasteiger partial charge < -0.3 is 9.15 Å². The molecular formula is C19H19N3O4. The highest BCUT2D eigenvalue weighted by Gasteiger charge is 2.36. The fraction of sp³-hybridized carbons (Fsp3) is 0.316. The van der Waals surface area contributed by atoms with Crippen molar-refractivity contribution in [2.75, 3.05) is 18.1 Å². The van der Waals surface area contributed by atoms with Gasteiger partial charge in [0, 0.05) is 5.92 Å². The molecule has 0 radical (unpaired) electrons. The van der Waals surface area contributed by atoms with Gasteiger partial charge in [-0.05, 0) is 36.6 Å². The highest BCUT2D eigenvalue weighted by Crippen LogP contribution is 2.47. The third-order valence-corrected chi connectivity index (χ3v) is 4.61. The molecule has 1 aromatic carbocycles. The van der Waals surface area contributed by atoms with Crippen molar-refractivity contribution in [2.45, 2.75) is 19.3 Å². The lowest BCUT2D eigenvalue weighted by Crippen LogP contribution is -2.44. The topological polar surface area (TPSA) is 84.1 Å². The quantitative estimate of drug-likeness (QED) is 0.660. The number of hydrogen-bond donors (Lipinski definition) is 1. The van der Waals surface area contributed by atoms with Crippen LogP contribution in [0.15, 0.2) is 45.9 Å². The lowest BCUT2D eigenvalue weighted by Gasteiger charge is -2.28. The Balaban J connectivity index is 1.35. The van der Waals surface area contributed by atoms with Gasteiger partial charge in [-0.25, -0.2) is 5.43 Å². The third kappa shape index (κ3) is 3.33. The SMILES string of the molecule is C[C@H]1C[C@@H]1c1ccc(/C=N\NC(=O)CN2C(=O)COc3ccccc32)o1. The van der Waals surface area contributed by atoms with E-state index in [1.54, 1.807) is 18.2 Å². The zero-order chi connectivity index (χ0) is 18.1. The van der Waals surface area contributed by atoms with E-state index in [4.69, 9.17) is 9.15 Å². The third-order valence-electron chi connectivity index (χ3n) is 4.61. The van der Waals surface area contributed by atoms with Crippen molar-refractivity contribution >= 4 is 23.7 Å². The predicted octanol–water partition coefficient (Wildman–Crippen LogP) is 2.28. The molecular weight excluding hydrogens is 334 g/mol. The summed E-state index contributed by atoms with van der Waals surface area (Å²) in [5.74, 6) is 2.64. The van der Waals surface area contributed by atoms with Gasteiger partial charge in [-0.2, -0.15) is 5.10 Å². The molecule has 7 heteroatoms. The standard InChI is InChI=1S/C19H19N3O4/c1-12-8-14(12)16-7-6-13(26-16)9-20-21-18(23)10-22-15-4-2-3-5-17(15)25-11-19(22)24/h2-7,9,12,14H,8,10-11H2,1H3,(H,21,23)/b20-9-/t12-,14-/m0/s1. The number of para-hydroxylation sites is 2. The number of benzene rings is 1. The molecule has 2 heterocycles. The number of carbonyl (C=O) groups is 2. The first-order valence-electron chi connectivity index (χ1n) is 8.55. The molecule has 7 nitrogen and oxygen atoms in total. The molecule has 2 aromatic rings. The molecule has 134 valence electrons. The zero-order valence-corrected chi connectivity index (χ0v) is 14.3. The molecule has 2 aliphatic rings. The molecule has 1 saturated carbocycles. The molecule has 1 aliphatic heterocycles. The molecule has 2 atom stereocenters. The summed E-state index contributed by atoms with van der Waals surface area (Å²) < 4.78 is 11.0. The number of rotatable bonds is 5. The number of anilines is 1. The summed E-state index contributed by atoms with van der Waals surface area (Å²) in [7, 11) is 0. The van der Waals surface area contributed by atoms with Gasteiger partial charge >= 0.3 is 0 Å². The highest BCUT2D eigenvalue weighted by molar-refractivity contribution is 6.02. The van der Waals surface area contributed by atoms with Crippen LogP contribution in [0.2, 0.25) is 0 Å². The van der Waals surface area contributed by atoms with Crippen LogP contribution in [0.4, 0.5) is 5.69 Å². The maximum atomic E-state index is 12.1. The van der Waals surface area contributed by atoms with Gasteiger partial charge in [0.05, 0.1) is 11.9 Å². The summed E-state index contributed by atoms with van der Waals surface area (Å²) in [5, 5.41) is 3.91. The van der Waals surface area contributed by atoms with Gasteiger partial charge in [0.15, 0.2) is 6.61 Å². The van der Waals surface area contributed by atoms with Crippen molar-refractivity contribution in [1.82, 2.24) is 5.43 Å². The lowest BCUT2D eigenvalue weighted by molar-refractivity contribution is -0.125. The molecule has 0 spiro atoms. The summed E-state index contributed by atoms with van der Waals surface area (Å²) in [6.07, 6.45) is 2.61. The average Bonchev–Trinajstić information content (AvgIpc) is 3.18. The summed E-state index contributed by atoms with van der Waals surface area (Å²) in [5.41, 5.74) is 3.01. The van der Waals surface area contributed by atoms with Crippen molar-refractivity contribution in [2.24, 2.45) is 11.0 Å². The number of carbonyl (C=O) groups excluding carboxylic acids is 2. The van der Waals surface area contributed by atoms with E-state index in [0.29, 0.717) is 29.0 Å². The van der Waals surface area contributed by atoms with E-state index >= 15 is 0 Å². The smallest absolute Gasteiger partial charge is 0.265 e. The normalized spacial score (nSPS) is 21.4. The van der Waals surface area contributed by atoms with Gasteiger partial charge in [-0.1, -0.05) is 19.1 Å². The second kappa shape index (κ2) is 6.67. The van der Waals surface area contributed by atoms with Crippen LogP contribution in [0.1, 0.15) is 30.8 Å². The summed E-state index contributed by atoms with van der Waals surface area (Å²) in [6.45, 7) is 1.98. The van der Waals surface area contributed by atoms with E-state index in [2.05, 4.69) is 17.5 Å². The molecule has 0 saturated heterocycles. The van der Waals surface area contributed by atoms with E-state index in [1.165, 1.54) is 11.1 Å². The Morgan fingerprint density at radius 1 is 1.35 bits per heavy atom. The average molecular weight is 353 g/mol. The maximum absolute atomic E-state index is 12.1. The van der Waals surface area contributed by atoms with Crippen LogP contribution in [0.3, 0.4) is 0 Å². The number of nitrogens with zero attached hydrogens (tertiary/aromatic N) is 2. The van der Waals surface area contributed by atoms with E-state index in [9.17, 15) is 9.59 Å². The molecule has 0 bridgehead atoms. The fourth-order valence-electron chi connectivity index (χ4n) is 3.03. The minimum Gasteiger partial charge on any atom is -0.482 e. The van der Waals surface area contributed by atoms with E-state index < -0.39 is 5.91 Å². The van der Waals surface area contributed by atoms with Gasteiger partial charge in [0.2, 0.25) is 0 Å². The Hall–Kier alpha value is -3.09. The number of hydrogen-bond acceptors (Lipinski definition) is 5. The molecule has 1 aromatic heterocycles. The van der Waals surface area contributed by atoms with Crippen LogP contribution in [0, 0.1) is 5.92 Å². The maximum Gasteiger partial charge on any atom is 0.265 e. The Labute approximate surface area is 150 Å². The number of amides is 2. The highest BCUT2D eigenvalue weighted by atomic mass is 16.5. The Kier molecular flexibility index (Phi) is 4.20. The first-order chi connectivity index (χ1) is 12.6. The molecule has 1 aliphatic carbocycles. The van der Waals surface area contributed by atoms with E-state index in [-0.39, 0.29) is 19.1 Å². The van der Waals surface area contributed by atoms with Gasteiger partial charge in [0.25, 0.3) is 11.8 Å². The Bertz CT molecular complexity index is 873. The van der Waals surface area contributed by atoms with Gasteiger partial charge in [-0.15, -0.1) is 0 Å². The summed E-state index contributed by atoms with van der Waals surface area (Å²) in [6, 6.07) is 10.9. The van der Waals surface area contributed by atoms with Crippen LogP contribution in [-0.4, -0.2) is 31.2 Å². The minimum absolute atomic E-state index is 0.0810. The van der Waals surface area contributed by atoms with Crippen molar-refractivity contribution in [3.05, 3.63) is 47.9 Å². The monoisotopic (exact) mass is 353 g/mol. The number of hydrazone groups is 1. The molecule has 2 amide bonds. The second-order valence-corrected chi connectivity index (χ2v) is 6.59. The lowest BCUT2D eigenvalue weighted by atomic mass is 10.2. The number of furan rings is 1. The minimum atomic E-state index is -0.395. The van der Waals surface area contributed by atoms with Crippen LogP contribution in [0.5, 0.6) is 5.75 Å². The van der Waals surface area contributed by atoms with Gasteiger partial charge in [-0.3, -0.25) is 14.5 Å². The summed E-state index contributed by atoms with van der Waals surface area (Å²) in [4.78, 5) is 25.6. The van der Waals surface area contributed by atoms with Crippen LogP contribution in [-0.2, 0) is 9.59 Å². The zero-order valence-electron chi connectivity index (χ0n) is 14.3. The number of fused-ring (bicyclic) bond motifs is 1. The number of ether oxygens (including phenoxy) is 1. The van der Waals surface area contributed by atoms with Gasteiger partial charge in [0.1, 0.15) is 23.8 Å². The Morgan fingerprint density at radius 2 is 2.15 bits per heavy atom. The van der Waals surface area contributed by atoms with Crippen molar-refractivity contribution in [3.8, 4) is 5.75 Å². The molecule has 0 unspecified atom stereocenters. The molecule has 1 N–H and O–H groups in total. The molecule has 26 heavy (non-hydrogen) atoms. The fourth-order valence-corrected chi connectivity index (χ4v) is 3.03. The first-order valence-corrected chi connectivity index (χ1v) is 8.55. The largest absolute Gasteiger partial charge is 0.482 e. The van der Waals surface area contributed by atoms with Crippen molar-refractivity contribution in [1.29, 1.82) is 0 Å². The van der Waals surface area contributed by atoms with E-state index in [1.807, 2.05) is 18.2 Å². The predicted molar refractivity (Wildman–Crippen MR) is 95.3 cm³/mol. The molecule has 1 fully saturated rings. The summed E-state index contributed by atoms with van der Waals surface area (Å²) >= 11 is 0. The first kappa shape index (κ1) is 16.4. The second-order valence-electron chi connectivity index (χ2n) is 6.59. The van der Waals surface area contributed by atoms with E-state index in [0.717, 1.165) is 12.2 Å². The number of nitrogens with one attached hydrogen (secondary N) is 1. The molecule has 4 rings (SSSR count). The van der Waals surface area contributed by atoms with Crippen molar-refractivity contribution in [3.63, 3.8) is 0 Å². The van der Waals surface area contributed by atoms with Crippen LogP contribution < -0.4 is 15.1 Å². The van der Waals surface area contributed by atoms with Crippen LogP contribution in [0.25, 0.3) is 0 Å². The van der Waals surface area contributed by atoms with Crippen molar-refractivity contribution < 1.29 is 18.7 Å².